The highest BCUT2D eigenvalue weighted by Gasteiger charge is 2.27. The average molecular weight is 252 g/mol. The Morgan fingerprint density at radius 2 is 2.28 bits per heavy atom. The minimum atomic E-state index is -0.656. The first-order valence-corrected chi connectivity index (χ1v) is 5.87. The Bertz CT molecular complexity index is 519. The molecule has 7 heteroatoms. The van der Waals surface area contributed by atoms with Crippen LogP contribution in [-0.4, -0.2) is 47.5 Å². The summed E-state index contributed by atoms with van der Waals surface area (Å²) in [6.45, 7) is 2.16. The molecule has 2 heterocycles. The van der Waals surface area contributed by atoms with Crippen molar-refractivity contribution in [3.05, 3.63) is 32.6 Å². The summed E-state index contributed by atoms with van der Waals surface area (Å²) in [5.74, 6) is 0.129. The van der Waals surface area contributed by atoms with Gasteiger partial charge in [-0.3, -0.25) is 14.6 Å². The van der Waals surface area contributed by atoms with Gasteiger partial charge in [-0.2, -0.15) is 0 Å². The van der Waals surface area contributed by atoms with Crippen LogP contribution in [0.5, 0.6) is 0 Å². The predicted octanol–water partition coefficient (Wildman–Crippen LogP) is -1.26. The molecule has 0 saturated carbocycles. The number of aromatic amines is 2. The number of nitrogens with zero attached hydrogens (tertiary/aromatic N) is 1. The molecule has 18 heavy (non-hydrogen) atoms. The normalized spacial score (nSPS) is 19.2. The number of carbonyl (C=O) groups excluding carboxylic acids is 1. The molecule has 0 bridgehead atoms. The lowest BCUT2D eigenvalue weighted by atomic mass is 10.1. The third-order valence-electron chi connectivity index (χ3n) is 3.06. The van der Waals surface area contributed by atoms with Crippen LogP contribution in [0.15, 0.2) is 15.7 Å². The SMILES string of the molecule is CNCC1CCN(C(=O)c2cc(=O)[nH]c(=O)[nH]2)C1. The van der Waals surface area contributed by atoms with Crippen molar-refractivity contribution in [2.75, 3.05) is 26.7 Å². The number of amides is 1. The van der Waals surface area contributed by atoms with Crippen LogP contribution in [-0.2, 0) is 0 Å². The quantitative estimate of drug-likeness (QED) is 0.625. The van der Waals surface area contributed by atoms with E-state index >= 15 is 0 Å². The summed E-state index contributed by atoms with van der Waals surface area (Å²) >= 11 is 0. The lowest BCUT2D eigenvalue weighted by Gasteiger charge is -2.15. The molecule has 1 aromatic rings. The van der Waals surface area contributed by atoms with Crippen molar-refractivity contribution < 1.29 is 4.79 Å². The van der Waals surface area contributed by atoms with E-state index in [4.69, 9.17) is 0 Å². The summed E-state index contributed by atoms with van der Waals surface area (Å²) in [5, 5.41) is 3.08. The summed E-state index contributed by atoms with van der Waals surface area (Å²) in [5.41, 5.74) is -1.17. The highest BCUT2D eigenvalue weighted by molar-refractivity contribution is 5.92. The van der Waals surface area contributed by atoms with Gasteiger partial charge >= 0.3 is 5.69 Å². The molecule has 0 radical (unpaired) electrons. The van der Waals surface area contributed by atoms with Crippen LogP contribution in [0.2, 0.25) is 0 Å². The standard InChI is InChI=1S/C11H16N4O3/c1-12-5-7-2-3-15(6-7)10(17)8-4-9(16)14-11(18)13-8/h4,7,12H,2-3,5-6H2,1H3,(H2,13,14,16,18). The topological polar surface area (TPSA) is 98.1 Å². The predicted molar refractivity (Wildman–Crippen MR) is 65.6 cm³/mol. The molecule has 3 N–H and O–H groups in total. The largest absolute Gasteiger partial charge is 0.337 e. The zero-order valence-corrected chi connectivity index (χ0v) is 10.2. The molecule has 7 nitrogen and oxygen atoms in total. The first-order chi connectivity index (χ1) is 8.60. The van der Waals surface area contributed by atoms with Gasteiger partial charge in [0.1, 0.15) is 5.69 Å². The molecule has 2 rings (SSSR count). The smallest absolute Gasteiger partial charge is 0.326 e. The zero-order valence-electron chi connectivity index (χ0n) is 10.2. The second kappa shape index (κ2) is 5.18. The van der Waals surface area contributed by atoms with Gasteiger partial charge in [-0.1, -0.05) is 0 Å². The molecule has 1 fully saturated rings. The summed E-state index contributed by atoms with van der Waals surface area (Å²) in [7, 11) is 1.87. The van der Waals surface area contributed by atoms with Gasteiger partial charge in [0.05, 0.1) is 0 Å². The van der Waals surface area contributed by atoms with Gasteiger partial charge in [-0.25, -0.2) is 4.79 Å². The van der Waals surface area contributed by atoms with Gasteiger partial charge < -0.3 is 15.2 Å². The van der Waals surface area contributed by atoms with E-state index in [0.717, 1.165) is 19.0 Å². The van der Waals surface area contributed by atoms with Crippen molar-refractivity contribution in [1.82, 2.24) is 20.2 Å². The number of aromatic nitrogens is 2. The van der Waals surface area contributed by atoms with Crippen molar-refractivity contribution in [1.29, 1.82) is 0 Å². The Hall–Kier alpha value is -1.89. The molecule has 0 aromatic carbocycles. The molecule has 0 spiro atoms. The van der Waals surface area contributed by atoms with E-state index < -0.39 is 11.2 Å². The zero-order chi connectivity index (χ0) is 13.1. The maximum absolute atomic E-state index is 12.1. The van der Waals surface area contributed by atoms with Crippen LogP contribution in [0.1, 0.15) is 16.9 Å². The van der Waals surface area contributed by atoms with Gasteiger partial charge in [0.25, 0.3) is 11.5 Å². The van der Waals surface area contributed by atoms with Crippen LogP contribution < -0.4 is 16.6 Å². The molecule has 1 saturated heterocycles. The third kappa shape index (κ3) is 2.67. The third-order valence-corrected chi connectivity index (χ3v) is 3.06. The molecule has 98 valence electrons. The summed E-state index contributed by atoms with van der Waals surface area (Å²) in [6.07, 6.45) is 0.931. The highest BCUT2D eigenvalue weighted by Crippen LogP contribution is 2.16. The van der Waals surface area contributed by atoms with Gasteiger partial charge in [-0.05, 0) is 25.9 Å². The monoisotopic (exact) mass is 252 g/mol. The van der Waals surface area contributed by atoms with Gasteiger partial charge in [0.2, 0.25) is 0 Å². The summed E-state index contributed by atoms with van der Waals surface area (Å²) in [6, 6.07) is 1.12. The molecular weight excluding hydrogens is 236 g/mol. The number of likely N-dealkylation sites (tertiary alicyclic amines) is 1. The fraction of sp³-hybridized carbons (Fsp3) is 0.545. The molecule has 1 aromatic heterocycles. The van der Waals surface area contributed by atoms with Gasteiger partial charge in [-0.15, -0.1) is 0 Å². The molecule has 1 atom stereocenters. The number of hydrogen-bond acceptors (Lipinski definition) is 4. The van der Waals surface area contributed by atoms with E-state index in [-0.39, 0.29) is 11.6 Å². The Balaban J connectivity index is 2.13. The van der Waals surface area contributed by atoms with E-state index in [0.29, 0.717) is 19.0 Å². The van der Waals surface area contributed by atoms with Gasteiger partial charge in [0, 0.05) is 19.2 Å². The molecular formula is C11H16N4O3. The lowest BCUT2D eigenvalue weighted by molar-refractivity contribution is 0.0780. The van der Waals surface area contributed by atoms with Gasteiger partial charge in [0.15, 0.2) is 0 Å². The summed E-state index contributed by atoms with van der Waals surface area (Å²) in [4.78, 5) is 40.4. The molecule has 1 aliphatic heterocycles. The number of H-pyrrole nitrogens is 2. The van der Waals surface area contributed by atoms with Crippen LogP contribution in [0.3, 0.4) is 0 Å². The Labute approximate surface area is 103 Å². The Kier molecular flexibility index (Phi) is 3.61. The second-order valence-electron chi connectivity index (χ2n) is 4.46. The van der Waals surface area contributed by atoms with E-state index in [1.165, 1.54) is 0 Å². The molecule has 0 aliphatic carbocycles. The van der Waals surface area contributed by atoms with Crippen molar-refractivity contribution in [3.63, 3.8) is 0 Å². The first kappa shape index (κ1) is 12.6. The molecule has 1 aliphatic rings. The van der Waals surface area contributed by atoms with Crippen molar-refractivity contribution in [2.24, 2.45) is 5.92 Å². The Morgan fingerprint density at radius 1 is 1.50 bits per heavy atom. The maximum atomic E-state index is 12.1. The minimum Gasteiger partial charge on any atom is -0.337 e. The van der Waals surface area contributed by atoms with E-state index in [2.05, 4.69) is 10.3 Å². The fourth-order valence-corrected chi connectivity index (χ4v) is 2.23. The van der Waals surface area contributed by atoms with Crippen molar-refractivity contribution in [2.45, 2.75) is 6.42 Å². The highest BCUT2D eigenvalue weighted by atomic mass is 16.2. The number of hydrogen-bond donors (Lipinski definition) is 3. The van der Waals surface area contributed by atoms with E-state index in [1.54, 1.807) is 4.90 Å². The van der Waals surface area contributed by atoms with Crippen LogP contribution in [0.4, 0.5) is 0 Å². The Morgan fingerprint density at radius 3 is 2.94 bits per heavy atom. The first-order valence-electron chi connectivity index (χ1n) is 5.87. The van der Waals surface area contributed by atoms with E-state index in [9.17, 15) is 14.4 Å². The minimum absolute atomic E-state index is 0.0499. The van der Waals surface area contributed by atoms with E-state index in [1.807, 2.05) is 12.0 Å². The van der Waals surface area contributed by atoms with Crippen LogP contribution in [0.25, 0.3) is 0 Å². The fourth-order valence-electron chi connectivity index (χ4n) is 2.23. The second-order valence-corrected chi connectivity index (χ2v) is 4.46. The molecule has 1 amide bonds. The number of nitrogens with one attached hydrogen (secondary N) is 3. The number of rotatable bonds is 3. The maximum Gasteiger partial charge on any atom is 0.326 e. The van der Waals surface area contributed by atoms with Crippen LogP contribution in [0, 0.1) is 5.92 Å². The van der Waals surface area contributed by atoms with Crippen LogP contribution >= 0.6 is 0 Å². The lowest BCUT2D eigenvalue weighted by Crippen LogP contribution is -2.34. The van der Waals surface area contributed by atoms with Crippen molar-refractivity contribution in [3.8, 4) is 0 Å². The summed E-state index contributed by atoms with van der Waals surface area (Å²) < 4.78 is 0. The number of carbonyl (C=O) groups is 1. The average Bonchev–Trinajstić information content (AvgIpc) is 2.76. The molecule has 1 unspecified atom stereocenters. The van der Waals surface area contributed by atoms with Crippen molar-refractivity contribution >= 4 is 5.91 Å².